The van der Waals surface area contributed by atoms with E-state index in [1.807, 2.05) is 0 Å². The Bertz CT molecular complexity index is 287. The van der Waals surface area contributed by atoms with Crippen LogP contribution in [-0.2, 0) is 4.74 Å². The summed E-state index contributed by atoms with van der Waals surface area (Å²) in [6, 6.07) is 1.78. The van der Waals surface area contributed by atoms with Gasteiger partial charge in [0.15, 0.2) is 0 Å². The second kappa shape index (κ2) is 3.94. The SMILES string of the molecule is Clc1ccn[c]c1N1CCOCC1. The topological polar surface area (TPSA) is 25.4 Å². The average Bonchev–Trinajstić information content (AvgIpc) is 2.20. The Labute approximate surface area is 82.3 Å². The van der Waals surface area contributed by atoms with Gasteiger partial charge in [0.1, 0.15) is 6.20 Å². The third-order valence-electron chi connectivity index (χ3n) is 2.02. The van der Waals surface area contributed by atoms with Crippen LogP contribution in [0.5, 0.6) is 0 Å². The van der Waals surface area contributed by atoms with Gasteiger partial charge in [-0.25, -0.2) is 0 Å². The molecule has 3 nitrogen and oxygen atoms in total. The van der Waals surface area contributed by atoms with Crippen LogP contribution in [0.3, 0.4) is 0 Å². The molecule has 0 atom stereocenters. The zero-order chi connectivity index (χ0) is 9.10. The lowest BCUT2D eigenvalue weighted by molar-refractivity contribution is 0.122. The molecule has 2 rings (SSSR count). The normalized spacial score (nSPS) is 17.5. The molecule has 1 aromatic rings. The van der Waals surface area contributed by atoms with Gasteiger partial charge < -0.3 is 9.64 Å². The van der Waals surface area contributed by atoms with E-state index in [0.717, 1.165) is 32.0 Å². The molecule has 1 aliphatic rings. The molecule has 1 aromatic heterocycles. The first kappa shape index (κ1) is 8.78. The van der Waals surface area contributed by atoms with E-state index in [1.54, 1.807) is 12.3 Å². The molecular formula is C9H10ClN2O. The Hall–Kier alpha value is -0.800. The fraction of sp³-hybridized carbons (Fsp3) is 0.444. The van der Waals surface area contributed by atoms with Crippen LogP contribution < -0.4 is 4.90 Å². The predicted molar refractivity (Wildman–Crippen MR) is 51.1 cm³/mol. The Balaban J connectivity index is 2.18. The summed E-state index contributed by atoms with van der Waals surface area (Å²) in [5.74, 6) is 0. The molecule has 1 fully saturated rings. The maximum absolute atomic E-state index is 6.00. The van der Waals surface area contributed by atoms with Crippen LogP contribution in [0, 0.1) is 6.20 Å². The van der Waals surface area contributed by atoms with Crippen molar-refractivity contribution in [1.82, 2.24) is 4.98 Å². The molecule has 13 heavy (non-hydrogen) atoms. The molecule has 1 saturated heterocycles. The molecule has 69 valence electrons. The Morgan fingerprint density at radius 3 is 2.92 bits per heavy atom. The van der Waals surface area contributed by atoms with E-state index in [0.29, 0.717) is 5.02 Å². The largest absolute Gasteiger partial charge is 0.378 e. The van der Waals surface area contributed by atoms with Crippen molar-refractivity contribution in [2.45, 2.75) is 0 Å². The smallest absolute Gasteiger partial charge is 0.116 e. The van der Waals surface area contributed by atoms with E-state index in [2.05, 4.69) is 16.1 Å². The molecule has 2 heterocycles. The number of pyridine rings is 1. The molecule has 0 aliphatic carbocycles. The zero-order valence-electron chi connectivity index (χ0n) is 7.16. The first-order chi connectivity index (χ1) is 6.38. The van der Waals surface area contributed by atoms with Crippen molar-refractivity contribution in [2.24, 2.45) is 0 Å². The second-order valence-corrected chi connectivity index (χ2v) is 3.26. The molecule has 0 saturated carbocycles. The van der Waals surface area contributed by atoms with Crippen LogP contribution in [0.15, 0.2) is 12.3 Å². The minimum atomic E-state index is 0.705. The molecule has 1 radical (unpaired) electrons. The minimum absolute atomic E-state index is 0.705. The minimum Gasteiger partial charge on any atom is -0.378 e. The number of hydrogen-bond acceptors (Lipinski definition) is 3. The predicted octanol–water partition coefficient (Wildman–Crippen LogP) is 1.37. The standard InChI is InChI=1S/C9H10ClN2O/c10-8-1-2-11-7-9(8)12-3-5-13-6-4-12/h1-2H,3-6H2. The molecule has 0 N–H and O–H groups in total. The van der Waals surface area contributed by atoms with Gasteiger partial charge in [0.2, 0.25) is 0 Å². The zero-order valence-corrected chi connectivity index (χ0v) is 7.92. The van der Waals surface area contributed by atoms with Crippen molar-refractivity contribution in [1.29, 1.82) is 0 Å². The van der Waals surface area contributed by atoms with Crippen molar-refractivity contribution in [3.05, 3.63) is 23.5 Å². The summed E-state index contributed by atoms with van der Waals surface area (Å²) in [7, 11) is 0. The summed E-state index contributed by atoms with van der Waals surface area (Å²) in [6.45, 7) is 3.22. The van der Waals surface area contributed by atoms with Crippen molar-refractivity contribution in [3.63, 3.8) is 0 Å². The number of anilines is 1. The summed E-state index contributed by atoms with van der Waals surface area (Å²) >= 11 is 6.00. The lowest BCUT2D eigenvalue weighted by atomic mass is 10.3. The Kier molecular flexibility index (Phi) is 2.66. The highest BCUT2D eigenvalue weighted by atomic mass is 35.5. The monoisotopic (exact) mass is 197 g/mol. The van der Waals surface area contributed by atoms with E-state index in [9.17, 15) is 0 Å². The summed E-state index contributed by atoms with van der Waals surface area (Å²) in [6.07, 6.45) is 4.54. The lowest BCUT2D eigenvalue weighted by Gasteiger charge is -2.28. The van der Waals surface area contributed by atoms with Gasteiger partial charge in [0, 0.05) is 19.3 Å². The molecule has 4 heteroatoms. The van der Waals surface area contributed by atoms with Gasteiger partial charge >= 0.3 is 0 Å². The number of hydrogen-bond donors (Lipinski definition) is 0. The molecule has 0 amide bonds. The third-order valence-corrected chi connectivity index (χ3v) is 2.32. The van der Waals surface area contributed by atoms with Crippen LogP contribution in [0.1, 0.15) is 0 Å². The highest BCUT2D eigenvalue weighted by Gasteiger charge is 2.13. The highest BCUT2D eigenvalue weighted by Crippen LogP contribution is 2.23. The van der Waals surface area contributed by atoms with E-state index in [4.69, 9.17) is 16.3 Å². The number of rotatable bonds is 1. The van der Waals surface area contributed by atoms with Crippen molar-refractivity contribution >= 4 is 17.3 Å². The average molecular weight is 198 g/mol. The lowest BCUT2D eigenvalue weighted by Crippen LogP contribution is -2.36. The number of ether oxygens (including phenoxy) is 1. The fourth-order valence-corrected chi connectivity index (χ4v) is 1.56. The van der Waals surface area contributed by atoms with Crippen molar-refractivity contribution < 1.29 is 4.74 Å². The fourth-order valence-electron chi connectivity index (χ4n) is 1.34. The molecular weight excluding hydrogens is 188 g/mol. The second-order valence-electron chi connectivity index (χ2n) is 2.85. The van der Waals surface area contributed by atoms with Crippen LogP contribution in [0.4, 0.5) is 5.69 Å². The summed E-state index contributed by atoms with van der Waals surface area (Å²) in [5.41, 5.74) is 0.882. The Morgan fingerprint density at radius 1 is 1.46 bits per heavy atom. The van der Waals surface area contributed by atoms with Gasteiger partial charge in [-0.3, -0.25) is 4.98 Å². The van der Waals surface area contributed by atoms with Gasteiger partial charge in [-0.05, 0) is 6.07 Å². The number of aromatic nitrogens is 1. The summed E-state index contributed by atoms with van der Waals surface area (Å²) in [5, 5.41) is 0.705. The van der Waals surface area contributed by atoms with E-state index in [1.165, 1.54) is 0 Å². The summed E-state index contributed by atoms with van der Waals surface area (Å²) < 4.78 is 5.24. The third kappa shape index (κ3) is 1.92. The molecule has 0 spiro atoms. The maximum Gasteiger partial charge on any atom is 0.116 e. The van der Waals surface area contributed by atoms with Gasteiger partial charge in [0.25, 0.3) is 0 Å². The number of nitrogens with zero attached hydrogens (tertiary/aromatic N) is 2. The van der Waals surface area contributed by atoms with Gasteiger partial charge in [-0.2, -0.15) is 0 Å². The van der Waals surface area contributed by atoms with Crippen LogP contribution in [-0.4, -0.2) is 31.3 Å². The van der Waals surface area contributed by atoms with Crippen molar-refractivity contribution in [2.75, 3.05) is 31.2 Å². The first-order valence-corrected chi connectivity index (χ1v) is 4.60. The quantitative estimate of drug-likeness (QED) is 0.680. The molecule has 0 bridgehead atoms. The van der Waals surface area contributed by atoms with E-state index in [-0.39, 0.29) is 0 Å². The Morgan fingerprint density at radius 2 is 2.23 bits per heavy atom. The van der Waals surface area contributed by atoms with E-state index < -0.39 is 0 Å². The van der Waals surface area contributed by atoms with Gasteiger partial charge in [-0.15, -0.1) is 0 Å². The van der Waals surface area contributed by atoms with Crippen molar-refractivity contribution in [3.8, 4) is 0 Å². The van der Waals surface area contributed by atoms with Crippen LogP contribution in [0.2, 0.25) is 5.02 Å². The van der Waals surface area contributed by atoms with Crippen LogP contribution in [0.25, 0.3) is 0 Å². The van der Waals surface area contributed by atoms with Crippen LogP contribution >= 0.6 is 11.6 Å². The highest BCUT2D eigenvalue weighted by molar-refractivity contribution is 6.33. The molecule has 0 unspecified atom stereocenters. The maximum atomic E-state index is 6.00. The molecule has 0 aromatic carbocycles. The van der Waals surface area contributed by atoms with E-state index >= 15 is 0 Å². The van der Waals surface area contributed by atoms with Gasteiger partial charge in [-0.1, -0.05) is 11.6 Å². The molecule has 1 aliphatic heterocycles. The summed E-state index contributed by atoms with van der Waals surface area (Å²) in [4.78, 5) is 6.07. The van der Waals surface area contributed by atoms with Gasteiger partial charge in [0.05, 0.1) is 23.9 Å². The number of halogens is 1. The first-order valence-electron chi connectivity index (χ1n) is 4.23. The number of morpholine rings is 1.